The van der Waals surface area contributed by atoms with Crippen LogP contribution in [-0.2, 0) is 16.1 Å². The second kappa shape index (κ2) is 8.67. The maximum Gasteiger partial charge on any atom is 0.252 e. The minimum atomic E-state index is -0.691. The summed E-state index contributed by atoms with van der Waals surface area (Å²) in [6, 6.07) is 12.0. The minimum Gasteiger partial charge on any atom is -0.332 e. The summed E-state index contributed by atoms with van der Waals surface area (Å²) in [5, 5.41) is 3.72. The van der Waals surface area contributed by atoms with Crippen LogP contribution >= 0.6 is 23.8 Å². The molecule has 0 aromatic heterocycles. The Kier molecular flexibility index (Phi) is 6.26. The van der Waals surface area contributed by atoms with Crippen LogP contribution in [-0.4, -0.2) is 39.3 Å². The molecule has 2 aromatic rings. The van der Waals surface area contributed by atoms with Crippen LogP contribution in [0.15, 0.2) is 48.5 Å². The lowest BCUT2D eigenvalue weighted by Gasteiger charge is -2.24. The first-order valence-corrected chi connectivity index (χ1v) is 9.59. The number of benzene rings is 2. The van der Waals surface area contributed by atoms with Crippen molar-refractivity contribution in [2.75, 3.05) is 11.9 Å². The lowest BCUT2D eigenvalue weighted by atomic mass is 10.1. The van der Waals surface area contributed by atoms with Gasteiger partial charge in [-0.15, -0.1) is 0 Å². The number of likely N-dealkylation sites (N-methyl/N-ethyl adjacent to an activating group) is 1. The SMILES string of the molecule is CCN1C(=O)[C@H](CC(=O)Nc2ccc(F)cc2)N(Cc2ccc(Cl)cc2)C1=S. The van der Waals surface area contributed by atoms with Gasteiger partial charge in [0, 0.05) is 23.8 Å². The van der Waals surface area contributed by atoms with Crippen LogP contribution < -0.4 is 5.32 Å². The third-order valence-corrected chi connectivity index (χ3v) is 5.20. The predicted octanol–water partition coefficient (Wildman–Crippen LogP) is 3.83. The fraction of sp³-hybridized carbons (Fsp3) is 0.250. The number of carbonyl (C=O) groups is 2. The van der Waals surface area contributed by atoms with Crippen LogP contribution in [0.1, 0.15) is 18.9 Å². The van der Waals surface area contributed by atoms with E-state index in [1.54, 1.807) is 17.0 Å². The first-order valence-electron chi connectivity index (χ1n) is 8.81. The first-order chi connectivity index (χ1) is 13.4. The molecule has 2 amide bonds. The molecule has 3 rings (SSSR count). The highest BCUT2D eigenvalue weighted by Gasteiger charge is 2.42. The summed E-state index contributed by atoms with van der Waals surface area (Å²) in [5.41, 5.74) is 1.40. The molecular formula is C20H19ClFN3O2S. The summed E-state index contributed by atoms with van der Waals surface area (Å²) in [4.78, 5) is 28.5. The molecule has 5 nitrogen and oxygen atoms in total. The van der Waals surface area contributed by atoms with Gasteiger partial charge in [-0.1, -0.05) is 23.7 Å². The van der Waals surface area contributed by atoms with Crippen molar-refractivity contribution in [3.8, 4) is 0 Å². The van der Waals surface area contributed by atoms with Crippen molar-refractivity contribution in [3.05, 3.63) is 64.9 Å². The Morgan fingerprint density at radius 2 is 1.82 bits per heavy atom. The predicted molar refractivity (Wildman–Crippen MR) is 110 cm³/mol. The van der Waals surface area contributed by atoms with Crippen LogP contribution in [0.5, 0.6) is 0 Å². The molecule has 0 bridgehead atoms. The molecule has 0 radical (unpaired) electrons. The third kappa shape index (κ3) is 4.48. The molecule has 28 heavy (non-hydrogen) atoms. The van der Waals surface area contributed by atoms with E-state index >= 15 is 0 Å². The van der Waals surface area contributed by atoms with Gasteiger partial charge < -0.3 is 10.2 Å². The summed E-state index contributed by atoms with van der Waals surface area (Å²) in [7, 11) is 0. The fourth-order valence-corrected chi connectivity index (χ4v) is 3.61. The minimum absolute atomic E-state index is 0.0551. The van der Waals surface area contributed by atoms with Crippen LogP contribution in [0.3, 0.4) is 0 Å². The Hall–Kier alpha value is -2.51. The molecule has 1 N–H and O–H groups in total. The van der Waals surface area contributed by atoms with Crippen LogP contribution in [0, 0.1) is 5.82 Å². The van der Waals surface area contributed by atoms with E-state index < -0.39 is 6.04 Å². The van der Waals surface area contributed by atoms with E-state index in [9.17, 15) is 14.0 Å². The van der Waals surface area contributed by atoms with Gasteiger partial charge in [-0.25, -0.2) is 4.39 Å². The second-order valence-corrected chi connectivity index (χ2v) is 7.20. The molecular weight excluding hydrogens is 401 g/mol. The van der Waals surface area contributed by atoms with Gasteiger partial charge in [-0.3, -0.25) is 14.5 Å². The molecule has 146 valence electrons. The van der Waals surface area contributed by atoms with Crippen LogP contribution in [0.2, 0.25) is 5.02 Å². The number of rotatable bonds is 6. The van der Waals surface area contributed by atoms with E-state index in [-0.39, 0.29) is 24.1 Å². The van der Waals surface area contributed by atoms with Crippen molar-refractivity contribution >= 4 is 46.4 Å². The molecule has 8 heteroatoms. The number of anilines is 1. The Balaban J connectivity index is 1.75. The average molecular weight is 420 g/mol. The Morgan fingerprint density at radius 1 is 1.18 bits per heavy atom. The quantitative estimate of drug-likeness (QED) is 0.723. The molecule has 1 atom stereocenters. The number of halogens is 2. The standard InChI is InChI=1S/C20H19ClFN3O2S/c1-2-24-19(27)17(11-18(26)23-16-9-7-15(22)8-10-16)25(20(24)28)12-13-3-5-14(21)6-4-13/h3-10,17H,2,11-12H2,1H3,(H,23,26)/t17-/m0/s1. The summed E-state index contributed by atoms with van der Waals surface area (Å²) < 4.78 is 13.0. The Morgan fingerprint density at radius 3 is 2.43 bits per heavy atom. The highest BCUT2D eigenvalue weighted by molar-refractivity contribution is 7.80. The zero-order valence-electron chi connectivity index (χ0n) is 15.2. The monoisotopic (exact) mass is 419 g/mol. The lowest BCUT2D eigenvalue weighted by Crippen LogP contribution is -2.37. The molecule has 0 aliphatic carbocycles. The zero-order valence-corrected chi connectivity index (χ0v) is 16.8. The van der Waals surface area contributed by atoms with Crippen molar-refractivity contribution in [2.24, 2.45) is 0 Å². The van der Waals surface area contributed by atoms with Gasteiger partial charge in [0.25, 0.3) is 5.91 Å². The van der Waals surface area contributed by atoms with Crippen molar-refractivity contribution in [1.82, 2.24) is 9.80 Å². The first kappa shape index (κ1) is 20.2. The third-order valence-electron chi connectivity index (χ3n) is 4.49. The van der Waals surface area contributed by atoms with E-state index in [0.717, 1.165) is 5.56 Å². The number of nitrogens with one attached hydrogen (secondary N) is 1. The number of thiocarbonyl (C=S) groups is 1. The second-order valence-electron chi connectivity index (χ2n) is 6.39. The smallest absolute Gasteiger partial charge is 0.252 e. The number of amides is 2. The van der Waals surface area contributed by atoms with Gasteiger partial charge in [-0.05, 0) is 61.1 Å². The number of hydrogen-bond donors (Lipinski definition) is 1. The largest absolute Gasteiger partial charge is 0.332 e. The van der Waals surface area contributed by atoms with Gasteiger partial charge in [0.1, 0.15) is 11.9 Å². The number of hydrogen-bond acceptors (Lipinski definition) is 3. The molecule has 0 spiro atoms. The Labute approximate surface area is 173 Å². The maximum absolute atomic E-state index is 13.0. The highest BCUT2D eigenvalue weighted by atomic mass is 35.5. The van der Waals surface area contributed by atoms with Gasteiger partial charge in [0.15, 0.2) is 5.11 Å². The zero-order chi connectivity index (χ0) is 20.3. The van der Waals surface area contributed by atoms with Gasteiger partial charge in [-0.2, -0.15) is 0 Å². The van der Waals surface area contributed by atoms with Crippen molar-refractivity contribution in [3.63, 3.8) is 0 Å². The summed E-state index contributed by atoms with van der Waals surface area (Å²) in [6.07, 6.45) is -0.0551. The summed E-state index contributed by atoms with van der Waals surface area (Å²) >= 11 is 11.4. The molecule has 1 saturated heterocycles. The van der Waals surface area contributed by atoms with Crippen molar-refractivity contribution in [1.29, 1.82) is 0 Å². The van der Waals surface area contributed by atoms with E-state index in [2.05, 4.69) is 5.32 Å². The highest BCUT2D eigenvalue weighted by Crippen LogP contribution is 2.24. The topological polar surface area (TPSA) is 52.7 Å². The molecule has 1 aliphatic heterocycles. The average Bonchev–Trinajstić information content (AvgIpc) is 2.89. The molecule has 0 saturated carbocycles. The van der Waals surface area contributed by atoms with Crippen LogP contribution in [0.25, 0.3) is 0 Å². The number of nitrogens with zero attached hydrogens (tertiary/aromatic N) is 2. The molecule has 2 aromatic carbocycles. The fourth-order valence-electron chi connectivity index (χ4n) is 3.07. The van der Waals surface area contributed by atoms with Gasteiger partial charge in [0.2, 0.25) is 5.91 Å². The molecule has 0 unspecified atom stereocenters. The van der Waals surface area contributed by atoms with Gasteiger partial charge >= 0.3 is 0 Å². The maximum atomic E-state index is 13.0. The molecule has 1 heterocycles. The van der Waals surface area contributed by atoms with E-state index in [0.29, 0.717) is 28.9 Å². The summed E-state index contributed by atoms with van der Waals surface area (Å²) in [6.45, 7) is 2.67. The normalized spacial score (nSPS) is 16.6. The van der Waals surface area contributed by atoms with E-state index in [1.165, 1.54) is 29.2 Å². The summed E-state index contributed by atoms with van der Waals surface area (Å²) in [5.74, 6) is -0.926. The van der Waals surface area contributed by atoms with Crippen molar-refractivity contribution < 1.29 is 14.0 Å². The molecule has 1 fully saturated rings. The van der Waals surface area contributed by atoms with E-state index in [1.807, 2.05) is 19.1 Å². The number of carbonyl (C=O) groups excluding carboxylic acids is 2. The van der Waals surface area contributed by atoms with Gasteiger partial charge in [0.05, 0.1) is 6.42 Å². The lowest BCUT2D eigenvalue weighted by molar-refractivity contribution is -0.130. The van der Waals surface area contributed by atoms with E-state index in [4.69, 9.17) is 23.8 Å². The molecule has 1 aliphatic rings. The van der Waals surface area contributed by atoms with Crippen molar-refractivity contribution in [2.45, 2.75) is 25.9 Å². The Bertz CT molecular complexity index is 889. The van der Waals surface area contributed by atoms with Crippen LogP contribution in [0.4, 0.5) is 10.1 Å².